The van der Waals surface area contributed by atoms with E-state index in [4.69, 9.17) is 14.9 Å². The second-order valence-corrected chi connectivity index (χ2v) is 10.5. The number of aromatic nitrogens is 2. The Kier molecular flexibility index (Phi) is 6.15. The Morgan fingerprint density at radius 2 is 1.94 bits per heavy atom. The van der Waals surface area contributed by atoms with Crippen LogP contribution in [0.15, 0.2) is 94.9 Å². The van der Waals surface area contributed by atoms with E-state index in [0.717, 1.165) is 27.6 Å². The molecule has 0 amide bonds. The minimum atomic E-state index is -3.36. The molecular formula is C27H25N3O4S. The fourth-order valence-electron chi connectivity index (χ4n) is 4.11. The molecule has 0 fully saturated rings. The van der Waals surface area contributed by atoms with Crippen LogP contribution in [0.4, 0.5) is 0 Å². The second-order valence-electron chi connectivity index (χ2n) is 8.51. The van der Waals surface area contributed by atoms with Crippen molar-refractivity contribution < 1.29 is 17.6 Å². The summed E-state index contributed by atoms with van der Waals surface area (Å²) >= 11 is 0. The zero-order valence-electron chi connectivity index (χ0n) is 19.1. The molecule has 0 radical (unpaired) electrons. The number of pyridine rings is 1. The van der Waals surface area contributed by atoms with Crippen LogP contribution in [-0.4, -0.2) is 37.3 Å². The lowest BCUT2D eigenvalue weighted by Crippen LogP contribution is -2.30. The molecule has 0 saturated carbocycles. The number of nitrogens with two attached hydrogens (primary N) is 1. The smallest absolute Gasteiger partial charge is 0.175 e. The van der Waals surface area contributed by atoms with Crippen molar-refractivity contribution in [3.05, 3.63) is 91.1 Å². The maximum atomic E-state index is 12.1. The number of fused-ring (bicyclic) bond motifs is 1. The van der Waals surface area contributed by atoms with Gasteiger partial charge in [0.1, 0.15) is 12.4 Å². The molecule has 3 aromatic heterocycles. The molecule has 5 rings (SSSR count). The first-order valence-electron chi connectivity index (χ1n) is 11.1. The lowest BCUT2D eigenvalue weighted by Gasteiger charge is -2.15. The second kappa shape index (κ2) is 9.40. The highest BCUT2D eigenvalue weighted by Crippen LogP contribution is 2.34. The SMILES string of the molecule is CS(=O)(=O)c1cccc(-c2cc(OC[C@@H](N)Cc3c[nH]c4ccccc34)cnc2-c2ccoc2)c1. The molecule has 3 N–H and O–H groups in total. The van der Waals surface area contributed by atoms with Gasteiger partial charge in [0.2, 0.25) is 0 Å². The molecule has 0 unspecified atom stereocenters. The van der Waals surface area contributed by atoms with Gasteiger partial charge < -0.3 is 19.9 Å². The molecule has 178 valence electrons. The molecule has 0 aliphatic rings. The molecule has 5 aromatic rings. The Hall–Kier alpha value is -3.88. The van der Waals surface area contributed by atoms with E-state index in [1.807, 2.05) is 42.6 Å². The molecule has 0 saturated heterocycles. The number of H-pyrrole nitrogens is 1. The third-order valence-electron chi connectivity index (χ3n) is 5.85. The van der Waals surface area contributed by atoms with Crippen molar-refractivity contribution in [1.29, 1.82) is 0 Å². The first kappa shape index (κ1) is 22.9. The molecule has 2 aromatic carbocycles. The maximum absolute atomic E-state index is 12.1. The number of benzene rings is 2. The number of aromatic amines is 1. The number of nitrogens with zero attached hydrogens (tertiary/aromatic N) is 1. The van der Waals surface area contributed by atoms with E-state index in [-0.39, 0.29) is 10.9 Å². The minimum absolute atomic E-state index is 0.222. The quantitative estimate of drug-likeness (QED) is 0.324. The van der Waals surface area contributed by atoms with Gasteiger partial charge in [-0.15, -0.1) is 0 Å². The van der Waals surface area contributed by atoms with E-state index in [2.05, 4.69) is 16.0 Å². The number of hydrogen-bond donors (Lipinski definition) is 2. The van der Waals surface area contributed by atoms with Crippen LogP contribution >= 0.6 is 0 Å². The summed E-state index contributed by atoms with van der Waals surface area (Å²) in [6.45, 7) is 0.301. The molecule has 0 aliphatic heterocycles. The molecule has 3 heterocycles. The topological polar surface area (TPSA) is 111 Å². The summed E-state index contributed by atoms with van der Waals surface area (Å²) < 4.78 is 35.5. The number of sulfone groups is 1. The molecule has 0 bridgehead atoms. The molecule has 0 spiro atoms. The highest BCUT2D eigenvalue weighted by molar-refractivity contribution is 7.90. The number of hydrogen-bond acceptors (Lipinski definition) is 6. The van der Waals surface area contributed by atoms with E-state index < -0.39 is 9.84 Å². The van der Waals surface area contributed by atoms with Gasteiger partial charge in [0.15, 0.2) is 9.84 Å². The van der Waals surface area contributed by atoms with Crippen LogP contribution in [0.5, 0.6) is 5.75 Å². The van der Waals surface area contributed by atoms with Crippen molar-refractivity contribution in [2.75, 3.05) is 12.9 Å². The standard InChI is InChI=1S/C27H25N3O4S/c1-35(31,32)23-6-4-5-18(12-23)25-13-22(15-30-27(25)19-9-10-33-16-19)34-17-21(28)11-20-14-29-26-8-3-2-7-24(20)26/h2-10,12-16,21,29H,11,17,28H2,1H3/t21-/m0/s1. The largest absolute Gasteiger partial charge is 0.490 e. The third kappa shape index (κ3) is 4.99. The highest BCUT2D eigenvalue weighted by Gasteiger charge is 2.16. The molecule has 7 nitrogen and oxygen atoms in total. The summed E-state index contributed by atoms with van der Waals surface area (Å²) in [7, 11) is -3.36. The van der Waals surface area contributed by atoms with E-state index in [1.54, 1.807) is 36.9 Å². The average Bonchev–Trinajstić information content (AvgIpc) is 3.53. The summed E-state index contributed by atoms with van der Waals surface area (Å²) in [6, 6.07) is 18.3. The first-order chi connectivity index (χ1) is 16.9. The minimum Gasteiger partial charge on any atom is -0.490 e. The summed E-state index contributed by atoms with van der Waals surface area (Å²) in [6.07, 6.45) is 8.65. The average molecular weight is 488 g/mol. The van der Waals surface area contributed by atoms with Crippen LogP contribution in [0.2, 0.25) is 0 Å². The third-order valence-corrected chi connectivity index (χ3v) is 6.96. The first-order valence-corrected chi connectivity index (χ1v) is 13.0. The van der Waals surface area contributed by atoms with Gasteiger partial charge in [0.05, 0.1) is 29.3 Å². The Balaban J connectivity index is 1.40. The highest BCUT2D eigenvalue weighted by atomic mass is 32.2. The van der Waals surface area contributed by atoms with Crippen molar-refractivity contribution in [1.82, 2.24) is 9.97 Å². The van der Waals surface area contributed by atoms with Crippen LogP contribution < -0.4 is 10.5 Å². The molecule has 1 atom stereocenters. The number of rotatable bonds is 8. The predicted molar refractivity (Wildman–Crippen MR) is 136 cm³/mol. The van der Waals surface area contributed by atoms with Crippen LogP contribution in [0.25, 0.3) is 33.3 Å². The Morgan fingerprint density at radius 1 is 1.09 bits per heavy atom. The molecular weight excluding hydrogens is 462 g/mol. The fraction of sp³-hybridized carbons (Fsp3) is 0.148. The summed E-state index contributed by atoms with van der Waals surface area (Å²) in [5.74, 6) is 0.548. The number of para-hydroxylation sites is 1. The van der Waals surface area contributed by atoms with E-state index in [1.165, 1.54) is 6.26 Å². The van der Waals surface area contributed by atoms with Crippen LogP contribution in [0.1, 0.15) is 5.56 Å². The Morgan fingerprint density at radius 3 is 2.74 bits per heavy atom. The normalized spacial score (nSPS) is 12.6. The Bertz CT molecular complexity index is 1570. The van der Waals surface area contributed by atoms with Gasteiger partial charge in [0.25, 0.3) is 0 Å². The van der Waals surface area contributed by atoms with E-state index in [0.29, 0.717) is 30.0 Å². The van der Waals surface area contributed by atoms with Gasteiger partial charge in [-0.05, 0) is 47.9 Å². The van der Waals surface area contributed by atoms with Gasteiger partial charge in [-0.3, -0.25) is 4.98 Å². The molecule has 35 heavy (non-hydrogen) atoms. The van der Waals surface area contributed by atoms with Gasteiger partial charge >= 0.3 is 0 Å². The number of furan rings is 1. The summed E-state index contributed by atoms with van der Waals surface area (Å²) in [4.78, 5) is 8.11. The van der Waals surface area contributed by atoms with Crippen molar-refractivity contribution in [2.24, 2.45) is 5.73 Å². The molecule has 8 heteroatoms. The predicted octanol–water partition coefficient (Wildman–Crippen LogP) is 4.84. The monoisotopic (exact) mass is 487 g/mol. The summed E-state index contributed by atoms with van der Waals surface area (Å²) in [5, 5.41) is 1.15. The fourth-order valence-corrected chi connectivity index (χ4v) is 4.78. The number of nitrogens with one attached hydrogen (secondary N) is 1. The van der Waals surface area contributed by atoms with Crippen LogP contribution in [0, 0.1) is 0 Å². The maximum Gasteiger partial charge on any atom is 0.175 e. The van der Waals surface area contributed by atoms with Crippen LogP contribution in [-0.2, 0) is 16.3 Å². The van der Waals surface area contributed by atoms with Gasteiger partial charge in [-0.25, -0.2) is 8.42 Å². The van der Waals surface area contributed by atoms with Gasteiger partial charge in [-0.1, -0.05) is 30.3 Å². The van der Waals surface area contributed by atoms with Gasteiger partial charge in [-0.2, -0.15) is 0 Å². The van der Waals surface area contributed by atoms with Crippen molar-refractivity contribution in [2.45, 2.75) is 17.4 Å². The van der Waals surface area contributed by atoms with Crippen molar-refractivity contribution in [3.63, 3.8) is 0 Å². The van der Waals surface area contributed by atoms with Crippen molar-refractivity contribution >= 4 is 20.7 Å². The van der Waals surface area contributed by atoms with E-state index >= 15 is 0 Å². The zero-order chi connectivity index (χ0) is 24.4. The van der Waals surface area contributed by atoms with Gasteiger partial charge in [0, 0.05) is 40.5 Å². The zero-order valence-corrected chi connectivity index (χ0v) is 20.0. The summed E-state index contributed by atoms with van der Waals surface area (Å²) in [5.41, 5.74) is 11.5. The Labute approximate surface area is 203 Å². The lowest BCUT2D eigenvalue weighted by atomic mass is 10.0. The van der Waals surface area contributed by atoms with Crippen molar-refractivity contribution in [3.8, 4) is 28.1 Å². The molecule has 0 aliphatic carbocycles. The number of ether oxygens (including phenoxy) is 1. The lowest BCUT2D eigenvalue weighted by molar-refractivity contribution is 0.287. The van der Waals surface area contributed by atoms with Crippen LogP contribution in [0.3, 0.4) is 0 Å². The van der Waals surface area contributed by atoms with E-state index in [9.17, 15) is 8.42 Å².